The van der Waals surface area contributed by atoms with Gasteiger partial charge in [-0.15, -0.1) is 0 Å². The van der Waals surface area contributed by atoms with Crippen LogP contribution in [0.5, 0.6) is 5.75 Å². The summed E-state index contributed by atoms with van der Waals surface area (Å²) in [4.78, 5) is 17.7. The summed E-state index contributed by atoms with van der Waals surface area (Å²) in [5.41, 5.74) is 0.0661. The highest BCUT2D eigenvalue weighted by Crippen LogP contribution is 2.46. The molecule has 2 heterocycles. The van der Waals surface area contributed by atoms with Crippen molar-refractivity contribution < 1.29 is 43.3 Å². The SMILES string of the molecule is C=C1N=C(NO)C=CN1[C@@H]1O[C@H](COP(=O)(N[C@@H](C)C(=O)OC(C)C)Oc2ccccc2)C(O)[C@@]1(C)O. The number of esters is 1. The number of ether oxygens (including phenoxy) is 2. The standard InChI is InChI=1S/C23H33N4O9P/c1-14(2)34-21(29)15(3)26-37(32,36-17-9-7-6-8-10-17)33-13-18-20(28)23(5,30)22(35-18)27-12-11-19(25-31)24-16(27)4/h6-12,14-15,18,20,22,28,30-31H,4,13H2,1-3,5H3,(H,24,25)(H,26,32)/t15-,18+,20?,22+,23+,37?/m0/s1. The number of benzene rings is 1. The number of hydroxylamine groups is 1. The van der Waals surface area contributed by atoms with Crippen molar-refractivity contribution in [2.45, 2.75) is 63.9 Å². The van der Waals surface area contributed by atoms with Crippen molar-refractivity contribution in [2.75, 3.05) is 6.61 Å². The third-order valence-electron chi connectivity index (χ3n) is 5.50. The minimum absolute atomic E-state index is 0.120. The molecule has 1 saturated heterocycles. The van der Waals surface area contributed by atoms with Gasteiger partial charge >= 0.3 is 13.7 Å². The molecule has 0 aromatic heterocycles. The Hall–Kier alpha value is -2.77. The lowest BCUT2D eigenvalue weighted by molar-refractivity contribution is -0.149. The van der Waals surface area contributed by atoms with Crippen molar-refractivity contribution in [1.82, 2.24) is 15.5 Å². The summed E-state index contributed by atoms with van der Waals surface area (Å²) >= 11 is 0. The van der Waals surface area contributed by atoms with Crippen LogP contribution in [0.1, 0.15) is 27.7 Å². The second kappa shape index (κ2) is 11.7. The summed E-state index contributed by atoms with van der Waals surface area (Å²) in [5, 5.41) is 33.4. The van der Waals surface area contributed by atoms with Crippen LogP contribution in [0.25, 0.3) is 0 Å². The third kappa shape index (κ3) is 6.96. The van der Waals surface area contributed by atoms with E-state index in [-0.39, 0.29) is 23.5 Å². The van der Waals surface area contributed by atoms with Crippen molar-refractivity contribution >= 4 is 19.6 Å². The molecular weight excluding hydrogens is 507 g/mol. The Kier molecular flexibility index (Phi) is 9.13. The van der Waals surface area contributed by atoms with Gasteiger partial charge in [0.25, 0.3) is 0 Å². The van der Waals surface area contributed by atoms with E-state index < -0.39 is 50.4 Å². The molecule has 0 saturated carbocycles. The Morgan fingerprint density at radius 3 is 2.59 bits per heavy atom. The molecule has 0 amide bonds. The Morgan fingerprint density at radius 2 is 2.00 bits per heavy atom. The van der Waals surface area contributed by atoms with E-state index in [9.17, 15) is 19.6 Å². The monoisotopic (exact) mass is 540 g/mol. The van der Waals surface area contributed by atoms with Crippen LogP contribution in [0, 0.1) is 0 Å². The van der Waals surface area contributed by atoms with Crippen LogP contribution in [-0.4, -0.2) is 74.9 Å². The second-order valence-corrected chi connectivity index (χ2v) is 10.7. The Balaban J connectivity index is 1.75. The summed E-state index contributed by atoms with van der Waals surface area (Å²) in [6, 6.07) is 7.13. The smallest absolute Gasteiger partial charge is 0.459 e. The summed E-state index contributed by atoms with van der Waals surface area (Å²) in [7, 11) is -4.22. The van der Waals surface area contributed by atoms with E-state index in [4.69, 9.17) is 23.7 Å². The number of aliphatic imine (C=N–C) groups is 1. The zero-order valence-electron chi connectivity index (χ0n) is 21.0. The van der Waals surface area contributed by atoms with Gasteiger partial charge in [-0.3, -0.25) is 20.0 Å². The lowest BCUT2D eigenvalue weighted by Gasteiger charge is -2.35. The number of carbonyl (C=O) groups is 1. The number of nitrogens with zero attached hydrogens (tertiary/aromatic N) is 2. The van der Waals surface area contributed by atoms with Crippen LogP contribution in [0.4, 0.5) is 0 Å². The van der Waals surface area contributed by atoms with E-state index in [1.54, 1.807) is 44.2 Å². The minimum Gasteiger partial charge on any atom is -0.462 e. The molecule has 0 radical (unpaired) electrons. The zero-order valence-corrected chi connectivity index (χ0v) is 21.9. The molecule has 6 atom stereocenters. The fraction of sp³-hybridized carbons (Fsp3) is 0.478. The van der Waals surface area contributed by atoms with Gasteiger partial charge in [0.15, 0.2) is 12.1 Å². The van der Waals surface area contributed by atoms with Gasteiger partial charge in [-0.05, 0) is 45.9 Å². The third-order valence-corrected chi connectivity index (χ3v) is 7.14. The molecule has 0 bridgehead atoms. The molecule has 13 nitrogen and oxygen atoms in total. The van der Waals surface area contributed by atoms with Gasteiger partial charge in [0.1, 0.15) is 35.4 Å². The largest absolute Gasteiger partial charge is 0.462 e. The lowest BCUT2D eigenvalue weighted by atomic mass is 9.96. The number of amidine groups is 1. The fourth-order valence-corrected chi connectivity index (χ4v) is 5.13. The molecule has 2 aliphatic heterocycles. The first-order valence-corrected chi connectivity index (χ1v) is 13.1. The van der Waals surface area contributed by atoms with Gasteiger partial charge in [0.05, 0.1) is 12.7 Å². The van der Waals surface area contributed by atoms with Crippen molar-refractivity contribution in [2.24, 2.45) is 4.99 Å². The van der Waals surface area contributed by atoms with E-state index in [1.165, 1.54) is 31.0 Å². The number of rotatable bonds is 10. The average molecular weight is 541 g/mol. The number of aliphatic hydroxyl groups excluding tert-OH is 1. The first-order valence-electron chi connectivity index (χ1n) is 11.5. The van der Waals surface area contributed by atoms with Gasteiger partial charge in [0.2, 0.25) is 0 Å². The highest BCUT2D eigenvalue weighted by Gasteiger charge is 2.55. The molecule has 1 fully saturated rings. The summed E-state index contributed by atoms with van der Waals surface area (Å²) < 4.78 is 35.9. The van der Waals surface area contributed by atoms with E-state index in [0.717, 1.165) is 0 Å². The van der Waals surface area contributed by atoms with Gasteiger partial charge in [-0.2, -0.15) is 5.09 Å². The van der Waals surface area contributed by atoms with Gasteiger partial charge < -0.3 is 29.1 Å². The summed E-state index contributed by atoms with van der Waals surface area (Å²) in [5.74, 6) is -0.213. The van der Waals surface area contributed by atoms with Crippen LogP contribution in [0.3, 0.4) is 0 Å². The molecule has 1 aromatic rings. The average Bonchev–Trinajstić information content (AvgIpc) is 3.06. The van der Waals surface area contributed by atoms with E-state index >= 15 is 0 Å². The Morgan fingerprint density at radius 1 is 1.32 bits per heavy atom. The normalized spacial score (nSPS) is 28.0. The minimum atomic E-state index is -4.22. The fourth-order valence-electron chi connectivity index (χ4n) is 3.63. The molecular formula is C23H33N4O9P. The maximum absolute atomic E-state index is 13.7. The maximum Gasteiger partial charge on any atom is 0.459 e. The number of nitrogens with one attached hydrogen (secondary N) is 2. The summed E-state index contributed by atoms with van der Waals surface area (Å²) in [6.07, 6.45) is -1.31. The highest BCUT2D eigenvalue weighted by molar-refractivity contribution is 7.52. The molecule has 1 aromatic carbocycles. The van der Waals surface area contributed by atoms with Crippen molar-refractivity contribution in [3.63, 3.8) is 0 Å². The number of para-hydroxylation sites is 1. The maximum atomic E-state index is 13.7. The first-order chi connectivity index (χ1) is 17.4. The number of aliphatic hydroxyl groups is 2. The molecule has 14 heteroatoms. The zero-order chi connectivity index (χ0) is 27.4. The van der Waals surface area contributed by atoms with E-state index in [0.29, 0.717) is 0 Å². The van der Waals surface area contributed by atoms with Crippen molar-refractivity contribution in [1.29, 1.82) is 0 Å². The second-order valence-electron chi connectivity index (χ2n) is 8.98. The molecule has 2 unspecified atom stereocenters. The van der Waals surface area contributed by atoms with Crippen LogP contribution in [0.15, 0.2) is 60.0 Å². The highest BCUT2D eigenvalue weighted by atomic mass is 31.2. The van der Waals surface area contributed by atoms with Gasteiger partial charge in [-0.1, -0.05) is 24.8 Å². The van der Waals surface area contributed by atoms with Gasteiger partial charge in [-0.25, -0.2) is 9.56 Å². The molecule has 2 aliphatic rings. The summed E-state index contributed by atoms with van der Waals surface area (Å²) in [6.45, 7) is 9.46. The van der Waals surface area contributed by atoms with Crippen molar-refractivity contribution in [3.05, 3.63) is 55.0 Å². The Bertz CT molecular complexity index is 1080. The Labute approximate surface area is 214 Å². The number of hydrogen-bond acceptors (Lipinski definition) is 12. The van der Waals surface area contributed by atoms with Crippen LogP contribution in [-0.2, 0) is 23.4 Å². The molecule has 204 valence electrons. The number of carbonyl (C=O) groups excluding carboxylic acids is 1. The molecule has 0 aliphatic carbocycles. The lowest BCUT2D eigenvalue weighted by Crippen LogP contribution is -2.51. The van der Waals surface area contributed by atoms with E-state index in [2.05, 4.69) is 16.7 Å². The number of hydrogen-bond donors (Lipinski definition) is 5. The van der Waals surface area contributed by atoms with Crippen LogP contribution >= 0.6 is 7.75 Å². The van der Waals surface area contributed by atoms with Crippen LogP contribution in [0.2, 0.25) is 0 Å². The molecule has 5 N–H and O–H groups in total. The van der Waals surface area contributed by atoms with Gasteiger partial charge in [0, 0.05) is 6.20 Å². The predicted molar refractivity (Wildman–Crippen MR) is 132 cm³/mol. The topological polar surface area (TPSA) is 171 Å². The molecule has 3 rings (SSSR count). The van der Waals surface area contributed by atoms with Crippen molar-refractivity contribution in [3.8, 4) is 5.75 Å². The first kappa shape index (κ1) is 28.8. The van der Waals surface area contributed by atoms with E-state index in [1.807, 2.05) is 5.48 Å². The molecule has 37 heavy (non-hydrogen) atoms. The molecule has 0 spiro atoms. The van der Waals surface area contributed by atoms with Crippen LogP contribution < -0.4 is 15.1 Å². The quantitative estimate of drug-likeness (QED) is 0.165. The predicted octanol–water partition coefficient (Wildman–Crippen LogP) is 1.63.